The van der Waals surface area contributed by atoms with Gasteiger partial charge in [-0.2, -0.15) is 0 Å². The van der Waals surface area contributed by atoms with Crippen molar-refractivity contribution in [3.63, 3.8) is 0 Å². The molecule has 0 atom stereocenters. The van der Waals surface area contributed by atoms with Gasteiger partial charge in [0.05, 0.1) is 6.54 Å². The SMILES string of the molecule is C=CCNC(=NCc1cc(C)on1)NC1CCCCC1.I. The Labute approximate surface area is 143 Å². The van der Waals surface area contributed by atoms with Gasteiger partial charge in [0, 0.05) is 18.7 Å². The summed E-state index contributed by atoms with van der Waals surface area (Å²) in [6.45, 7) is 6.84. The van der Waals surface area contributed by atoms with E-state index in [0.29, 0.717) is 19.1 Å². The summed E-state index contributed by atoms with van der Waals surface area (Å²) in [6, 6.07) is 2.44. The fourth-order valence-corrected chi connectivity index (χ4v) is 2.41. The Bertz CT molecular complexity index is 452. The molecule has 21 heavy (non-hydrogen) atoms. The van der Waals surface area contributed by atoms with Crippen molar-refractivity contribution in [2.75, 3.05) is 6.54 Å². The number of aromatic nitrogens is 1. The first-order chi connectivity index (χ1) is 9.78. The largest absolute Gasteiger partial charge is 0.361 e. The van der Waals surface area contributed by atoms with Gasteiger partial charge in [0.25, 0.3) is 0 Å². The number of guanidine groups is 1. The summed E-state index contributed by atoms with van der Waals surface area (Å²) in [7, 11) is 0. The second-order valence-corrected chi connectivity index (χ2v) is 5.24. The number of rotatable bonds is 5. The second-order valence-electron chi connectivity index (χ2n) is 5.24. The maximum Gasteiger partial charge on any atom is 0.192 e. The van der Waals surface area contributed by atoms with Crippen molar-refractivity contribution < 1.29 is 4.52 Å². The van der Waals surface area contributed by atoms with E-state index in [9.17, 15) is 0 Å². The molecule has 1 fully saturated rings. The van der Waals surface area contributed by atoms with E-state index in [-0.39, 0.29) is 24.0 Å². The molecule has 5 nitrogen and oxygen atoms in total. The van der Waals surface area contributed by atoms with Gasteiger partial charge in [0.15, 0.2) is 5.96 Å². The van der Waals surface area contributed by atoms with Crippen molar-refractivity contribution in [1.82, 2.24) is 15.8 Å². The van der Waals surface area contributed by atoms with Crippen molar-refractivity contribution in [2.45, 2.75) is 51.6 Å². The maximum atomic E-state index is 5.05. The molecule has 0 unspecified atom stereocenters. The second kappa shape index (κ2) is 9.81. The van der Waals surface area contributed by atoms with Gasteiger partial charge in [-0.05, 0) is 19.8 Å². The third-order valence-corrected chi connectivity index (χ3v) is 3.44. The third kappa shape index (κ3) is 6.50. The molecule has 0 amide bonds. The summed E-state index contributed by atoms with van der Waals surface area (Å²) in [6.07, 6.45) is 8.22. The first-order valence-electron chi connectivity index (χ1n) is 7.36. The summed E-state index contributed by atoms with van der Waals surface area (Å²) in [5.74, 6) is 1.65. The lowest BCUT2D eigenvalue weighted by Crippen LogP contribution is -2.44. The molecule has 1 aromatic rings. The molecule has 0 bridgehead atoms. The molecule has 0 spiro atoms. The summed E-state index contributed by atoms with van der Waals surface area (Å²) in [4.78, 5) is 4.56. The smallest absolute Gasteiger partial charge is 0.192 e. The van der Waals surface area contributed by atoms with Gasteiger partial charge in [-0.3, -0.25) is 0 Å². The van der Waals surface area contributed by atoms with E-state index in [1.54, 1.807) is 0 Å². The molecular formula is C15H25IN4O. The van der Waals surface area contributed by atoms with E-state index < -0.39 is 0 Å². The molecule has 0 saturated heterocycles. The van der Waals surface area contributed by atoms with E-state index >= 15 is 0 Å². The van der Waals surface area contributed by atoms with Gasteiger partial charge in [-0.1, -0.05) is 30.5 Å². The molecule has 0 aliphatic heterocycles. The fraction of sp³-hybridized carbons (Fsp3) is 0.600. The molecule has 1 aliphatic rings. The Hall–Kier alpha value is -1.05. The van der Waals surface area contributed by atoms with Crippen molar-refractivity contribution >= 4 is 29.9 Å². The van der Waals surface area contributed by atoms with Crippen LogP contribution in [0.3, 0.4) is 0 Å². The van der Waals surface area contributed by atoms with Crippen LogP contribution >= 0.6 is 24.0 Å². The van der Waals surface area contributed by atoms with Gasteiger partial charge in [-0.15, -0.1) is 30.6 Å². The standard InChI is InChI=1S/C15H24N4O.HI/c1-3-9-16-15(18-13-7-5-4-6-8-13)17-11-14-10-12(2)20-19-14;/h3,10,13H,1,4-9,11H2,2H3,(H2,16,17,18);1H. The van der Waals surface area contributed by atoms with Crippen LogP contribution in [0, 0.1) is 6.92 Å². The van der Waals surface area contributed by atoms with E-state index in [4.69, 9.17) is 4.52 Å². The number of aryl methyl sites for hydroxylation is 1. The van der Waals surface area contributed by atoms with Crippen molar-refractivity contribution in [1.29, 1.82) is 0 Å². The first-order valence-corrected chi connectivity index (χ1v) is 7.36. The highest BCUT2D eigenvalue weighted by molar-refractivity contribution is 14.0. The Morgan fingerprint density at radius 3 is 2.86 bits per heavy atom. The predicted molar refractivity (Wildman–Crippen MR) is 96.0 cm³/mol. The van der Waals surface area contributed by atoms with Crippen LogP contribution in [0.1, 0.15) is 43.6 Å². The van der Waals surface area contributed by atoms with Crippen LogP contribution in [0.5, 0.6) is 0 Å². The summed E-state index contributed by atoms with van der Waals surface area (Å²) >= 11 is 0. The Morgan fingerprint density at radius 1 is 1.48 bits per heavy atom. The number of hydrogen-bond acceptors (Lipinski definition) is 3. The zero-order chi connectivity index (χ0) is 14.2. The zero-order valence-electron chi connectivity index (χ0n) is 12.6. The quantitative estimate of drug-likeness (QED) is 0.343. The van der Waals surface area contributed by atoms with Crippen LogP contribution < -0.4 is 10.6 Å². The molecule has 118 valence electrons. The molecule has 1 aromatic heterocycles. The lowest BCUT2D eigenvalue weighted by Gasteiger charge is -2.24. The van der Waals surface area contributed by atoms with Crippen LogP contribution in [0.2, 0.25) is 0 Å². The molecule has 2 N–H and O–H groups in total. The van der Waals surface area contributed by atoms with Crippen LogP contribution in [0.4, 0.5) is 0 Å². The minimum Gasteiger partial charge on any atom is -0.361 e. The van der Waals surface area contributed by atoms with Crippen LogP contribution in [0.15, 0.2) is 28.2 Å². The maximum absolute atomic E-state index is 5.05. The minimum absolute atomic E-state index is 0. The molecule has 2 rings (SSSR count). The normalized spacial score (nSPS) is 16.1. The van der Waals surface area contributed by atoms with Gasteiger partial charge in [0.2, 0.25) is 0 Å². The van der Waals surface area contributed by atoms with Crippen molar-refractivity contribution in [3.8, 4) is 0 Å². The lowest BCUT2D eigenvalue weighted by atomic mass is 9.96. The monoisotopic (exact) mass is 404 g/mol. The highest BCUT2D eigenvalue weighted by Crippen LogP contribution is 2.17. The van der Waals surface area contributed by atoms with Gasteiger partial charge < -0.3 is 15.2 Å². The van der Waals surface area contributed by atoms with Crippen molar-refractivity contribution in [2.24, 2.45) is 4.99 Å². The van der Waals surface area contributed by atoms with E-state index in [1.165, 1.54) is 32.1 Å². The van der Waals surface area contributed by atoms with Crippen molar-refractivity contribution in [3.05, 3.63) is 30.2 Å². The Kier molecular flexibility index (Phi) is 8.41. The highest BCUT2D eigenvalue weighted by Gasteiger charge is 2.14. The zero-order valence-corrected chi connectivity index (χ0v) is 14.9. The molecule has 0 aromatic carbocycles. The average molecular weight is 404 g/mol. The molecule has 1 heterocycles. The van der Waals surface area contributed by atoms with E-state index in [2.05, 4.69) is 27.4 Å². The highest BCUT2D eigenvalue weighted by atomic mass is 127. The molecule has 1 aliphatic carbocycles. The predicted octanol–water partition coefficient (Wildman–Crippen LogP) is 3.15. The number of nitrogens with one attached hydrogen (secondary N) is 2. The van der Waals surface area contributed by atoms with Gasteiger partial charge in [0.1, 0.15) is 11.5 Å². The number of aliphatic imine (C=N–C) groups is 1. The van der Waals surface area contributed by atoms with Gasteiger partial charge in [-0.25, -0.2) is 4.99 Å². The number of halogens is 1. The summed E-state index contributed by atoms with van der Waals surface area (Å²) in [5, 5.41) is 10.7. The van der Waals surface area contributed by atoms with Crippen LogP contribution in [-0.2, 0) is 6.54 Å². The molecular weight excluding hydrogens is 379 g/mol. The number of hydrogen-bond donors (Lipinski definition) is 2. The lowest BCUT2D eigenvalue weighted by molar-refractivity contribution is 0.390. The molecule has 1 saturated carbocycles. The Balaban J connectivity index is 0.00000220. The topological polar surface area (TPSA) is 62.5 Å². The van der Waals surface area contributed by atoms with Crippen LogP contribution in [-0.4, -0.2) is 23.7 Å². The van der Waals surface area contributed by atoms with Crippen LogP contribution in [0.25, 0.3) is 0 Å². The summed E-state index contributed by atoms with van der Waals surface area (Å²) < 4.78 is 5.05. The average Bonchev–Trinajstić information content (AvgIpc) is 2.88. The first kappa shape index (κ1) is 18.0. The van der Waals surface area contributed by atoms with Gasteiger partial charge >= 0.3 is 0 Å². The fourth-order valence-electron chi connectivity index (χ4n) is 2.41. The number of nitrogens with zero attached hydrogens (tertiary/aromatic N) is 2. The van der Waals surface area contributed by atoms with E-state index in [1.807, 2.05) is 19.1 Å². The molecule has 6 heteroatoms. The Morgan fingerprint density at radius 2 is 2.24 bits per heavy atom. The third-order valence-electron chi connectivity index (χ3n) is 3.44. The molecule has 0 radical (unpaired) electrons. The summed E-state index contributed by atoms with van der Waals surface area (Å²) in [5.41, 5.74) is 0.853. The minimum atomic E-state index is 0. The van der Waals surface area contributed by atoms with E-state index in [0.717, 1.165) is 17.4 Å².